The SMILES string of the molecule is FC[C@@H](c1ccc(F)c(C(F)(F)F)c1)N1CCNCC1. The minimum Gasteiger partial charge on any atom is -0.314 e. The van der Waals surface area contributed by atoms with Crippen molar-refractivity contribution < 1.29 is 22.0 Å². The summed E-state index contributed by atoms with van der Waals surface area (Å²) in [5.74, 6) is -1.33. The largest absolute Gasteiger partial charge is 0.419 e. The molecule has 0 saturated carbocycles. The Morgan fingerprint density at radius 3 is 2.40 bits per heavy atom. The Labute approximate surface area is 113 Å². The van der Waals surface area contributed by atoms with Crippen molar-refractivity contribution in [3.05, 3.63) is 35.1 Å². The average molecular weight is 294 g/mol. The zero-order chi connectivity index (χ0) is 14.8. The Morgan fingerprint density at radius 1 is 1.20 bits per heavy atom. The maximum Gasteiger partial charge on any atom is 0.419 e. The van der Waals surface area contributed by atoms with Crippen molar-refractivity contribution in [2.24, 2.45) is 0 Å². The van der Waals surface area contributed by atoms with Gasteiger partial charge in [-0.15, -0.1) is 0 Å². The molecule has 0 unspecified atom stereocenters. The summed E-state index contributed by atoms with van der Waals surface area (Å²) in [7, 11) is 0. The first-order valence-electron chi connectivity index (χ1n) is 6.31. The van der Waals surface area contributed by atoms with Gasteiger partial charge < -0.3 is 5.32 Å². The molecule has 1 fully saturated rings. The van der Waals surface area contributed by atoms with Gasteiger partial charge in [0, 0.05) is 26.2 Å². The molecule has 20 heavy (non-hydrogen) atoms. The molecule has 0 bridgehead atoms. The van der Waals surface area contributed by atoms with E-state index in [1.165, 1.54) is 6.07 Å². The predicted octanol–water partition coefficient (Wildman–Crippen LogP) is 2.76. The number of nitrogens with one attached hydrogen (secondary N) is 1. The standard InChI is InChI=1S/C13H15F5N2/c14-8-12(20-5-3-19-4-6-20)9-1-2-11(15)10(7-9)13(16,17)18/h1-2,7,12,19H,3-6,8H2/t12-/m0/s1. The third-order valence-electron chi connectivity index (χ3n) is 3.42. The lowest BCUT2D eigenvalue weighted by atomic mass is 10.0. The van der Waals surface area contributed by atoms with Gasteiger partial charge >= 0.3 is 6.18 Å². The van der Waals surface area contributed by atoms with Gasteiger partial charge in [-0.1, -0.05) is 6.07 Å². The summed E-state index contributed by atoms with van der Waals surface area (Å²) < 4.78 is 64.5. The van der Waals surface area contributed by atoms with E-state index in [0.29, 0.717) is 32.2 Å². The fourth-order valence-corrected chi connectivity index (χ4v) is 2.36. The minimum absolute atomic E-state index is 0.156. The predicted molar refractivity (Wildman–Crippen MR) is 64.6 cm³/mol. The highest BCUT2D eigenvalue weighted by Gasteiger charge is 2.35. The number of halogens is 5. The van der Waals surface area contributed by atoms with E-state index in [1.54, 1.807) is 4.90 Å². The van der Waals surface area contributed by atoms with Crippen LogP contribution in [0.2, 0.25) is 0 Å². The van der Waals surface area contributed by atoms with Gasteiger partial charge in [-0.05, 0) is 17.7 Å². The van der Waals surface area contributed by atoms with Crippen LogP contribution in [0.25, 0.3) is 0 Å². The third kappa shape index (κ3) is 3.27. The van der Waals surface area contributed by atoms with Crippen LogP contribution < -0.4 is 5.32 Å². The highest BCUT2D eigenvalue weighted by atomic mass is 19.4. The average Bonchev–Trinajstić information content (AvgIpc) is 2.41. The second kappa shape index (κ2) is 6.05. The maximum absolute atomic E-state index is 13.2. The fraction of sp³-hybridized carbons (Fsp3) is 0.538. The van der Waals surface area contributed by atoms with Crippen molar-refractivity contribution in [1.82, 2.24) is 10.2 Å². The molecule has 2 rings (SSSR count). The van der Waals surface area contributed by atoms with E-state index < -0.39 is 30.3 Å². The first-order valence-corrected chi connectivity index (χ1v) is 6.31. The zero-order valence-corrected chi connectivity index (χ0v) is 10.7. The van der Waals surface area contributed by atoms with Gasteiger partial charge in [0.15, 0.2) is 0 Å². The molecule has 7 heteroatoms. The molecule has 1 atom stereocenters. The number of benzene rings is 1. The van der Waals surface area contributed by atoms with Crippen molar-refractivity contribution in [3.8, 4) is 0 Å². The molecule has 112 valence electrons. The van der Waals surface area contributed by atoms with E-state index in [9.17, 15) is 22.0 Å². The summed E-state index contributed by atoms with van der Waals surface area (Å²) in [5.41, 5.74) is -1.19. The Hall–Kier alpha value is -1.21. The molecule has 1 N–H and O–H groups in total. The van der Waals surface area contributed by atoms with Gasteiger partial charge in [0.25, 0.3) is 0 Å². The first-order chi connectivity index (χ1) is 9.43. The quantitative estimate of drug-likeness (QED) is 0.862. The Kier molecular flexibility index (Phi) is 4.59. The van der Waals surface area contributed by atoms with Crippen LogP contribution in [0, 0.1) is 5.82 Å². The smallest absolute Gasteiger partial charge is 0.314 e. The van der Waals surface area contributed by atoms with Gasteiger partial charge in [-0.25, -0.2) is 8.78 Å². The molecule has 1 heterocycles. The molecule has 0 radical (unpaired) electrons. The van der Waals surface area contributed by atoms with E-state index in [4.69, 9.17) is 0 Å². The summed E-state index contributed by atoms with van der Waals surface area (Å²) in [4.78, 5) is 1.77. The van der Waals surface area contributed by atoms with Crippen LogP contribution in [0.15, 0.2) is 18.2 Å². The summed E-state index contributed by atoms with van der Waals surface area (Å²) >= 11 is 0. The van der Waals surface area contributed by atoms with Gasteiger partial charge in [0.1, 0.15) is 12.5 Å². The molecular formula is C13H15F5N2. The number of hydrogen-bond donors (Lipinski definition) is 1. The van der Waals surface area contributed by atoms with E-state index in [2.05, 4.69) is 5.32 Å². The van der Waals surface area contributed by atoms with Crippen LogP contribution in [0.1, 0.15) is 17.2 Å². The van der Waals surface area contributed by atoms with Gasteiger partial charge in [-0.3, -0.25) is 4.90 Å². The molecule has 1 aliphatic rings. The number of hydrogen-bond acceptors (Lipinski definition) is 2. The van der Waals surface area contributed by atoms with Crippen LogP contribution in [0.3, 0.4) is 0 Å². The van der Waals surface area contributed by atoms with Crippen LogP contribution in [0.4, 0.5) is 22.0 Å². The van der Waals surface area contributed by atoms with Crippen LogP contribution in [-0.4, -0.2) is 37.8 Å². The summed E-state index contributed by atoms with van der Waals surface area (Å²) in [5, 5.41) is 3.09. The summed E-state index contributed by atoms with van der Waals surface area (Å²) in [6, 6.07) is 1.92. The summed E-state index contributed by atoms with van der Waals surface area (Å²) in [6.45, 7) is 1.61. The lowest BCUT2D eigenvalue weighted by molar-refractivity contribution is -0.140. The number of alkyl halides is 4. The Balaban J connectivity index is 2.30. The van der Waals surface area contributed by atoms with Crippen LogP contribution in [-0.2, 0) is 6.18 Å². The van der Waals surface area contributed by atoms with E-state index in [0.717, 1.165) is 6.07 Å². The molecule has 0 spiro atoms. The molecule has 1 aromatic carbocycles. The highest BCUT2D eigenvalue weighted by Crippen LogP contribution is 2.34. The zero-order valence-electron chi connectivity index (χ0n) is 10.7. The normalized spacial score (nSPS) is 19.1. The molecule has 0 amide bonds. The molecule has 0 aliphatic carbocycles. The van der Waals surface area contributed by atoms with Gasteiger partial charge in [0.2, 0.25) is 0 Å². The highest BCUT2D eigenvalue weighted by molar-refractivity contribution is 5.29. The van der Waals surface area contributed by atoms with E-state index in [-0.39, 0.29) is 5.56 Å². The van der Waals surface area contributed by atoms with Crippen molar-refractivity contribution in [2.75, 3.05) is 32.9 Å². The third-order valence-corrected chi connectivity index (χ3v) is 3.42. The summed E-state index contributed by atoms with van der Waals surface area (Å²) in [6.07, 6.45) is -4.77. The monoisotopic (exact) mass is 294 g/mol. The van der Waals surface area contributed by atoms with Gasteiger partial charge in [0.05, 0.1) is 11.6 Å². The van der Waals surface area contributed by atoms with Crippen LogP contribution >= 0.6 is 0 Å². The maximum atomic E-state index is 13.2. The molecule has 1 aromatic rings. The molecule has 1 saturated heterocycles. The molecular weight excluding hydrogens is 279 g/mol. The van der Waals surface area contributed by atoms with Crippen molar-refractivity contribution in [1.29, 1.82) is 0 Å². The van der Waals surface area contributed by atoms with E-state index >= 15 is 0 Å². The minimum atomic E-state index is -4.77. The van der Waals surface area contributed by atoms with Crippen molar-refractivity contribution in [3.63, 3.8) is 0 Å². The Morgan fingerprint density at radius 2 is 1.85 bits per heavy atom. The lowest BCUT2D eigenvalue weighted by Gasteiger charge is -2.33. The number of rotatable bonds is 3. The topological polar surface area (TPSA) is 15.3 Å². The first kappa shape index (κ1) is 15.2. The molecule has 2 nitrogen and oxygen atoms in total. The molecule has 0 aromatic heterocycles. The number of nitrogens with zero attached hydrogens (tertiary/aromatic N) is 1. The van der Waals surface area contributed by atoms with Crippen molar-refractivity contribution >= 4 is 0 Å². The lowest BCUT2D eigenvalue weighted by Crippen LogP contribution is -2.45. The van der Waals surface area contributed by atoms with Crippen LogP contribution in [0.5, 0.6) is 0 Å². The molecule has 1 aliphatic heterocycles. The second-order valence-corrected chi connectivity index (χ2v) is 4.69. The van der Waals surface area contributed by atoms with Crippen molar-refractivity contribution in [2.45, 2.75) is 12.2 Å². The Bertz CT molecular complexity index is 455. The fourth-order valence-electron chi connectivity index (χ4n) is 2.36. The number of piperazine rings is 1. The van der Waals surface area contributed by atoms with Gasteiger partial charge in [-0.2, -0.15) is 13.2 Å². The van der Waals surface area contributed by atoms with E-state index in [1.807, 2.05) is 0 Å². The second-order valence-electron chi connectivity index (χ2n) is 4.69.